The van der Waals surface area contributed by atoms with Crippen molar-refractivity contribution in [2.45, 2.75) is 33.0 Å². The molecule has 0 radical (unpaired) electrons. The Labute approximate surface area is 142 Å². The molecule has 0 bridgehead atoms. The highest BCUT2D eigenvalue weighted by Crippen LogP contribution is 2.23. The van der Waals surface area contributed by atoms with Gasteiger partial charge in [0, 0.05) is 30.4 Å². The van der Waals surface area contributed by atoms with Crippen molar-refractivity contribution in [3.05, 3.63) is 53.7 Å². The highest BCUT2D eigenvalue weighted by atomic mass is 16.5. The minimum absolute atomic E-state index is 0.0255. The fourth-order valence-electron chi connectivity index (χ4n) is 2.88. The van der Waals surface area contributed by atoms with Gasteiger partial charge in [0.1, 0.15) is 5.75 Å². The third-order valence-corrected chi connectivity index (χ3v) is 3.98. The van der Waals surface area contributed by atoms with E-state index in [1.54, 1.807) is 30.5 Å². The Balaban J connectivity index is 1.70. The largest absolute Gasteiger partial charge is 0.439 e. The zero-order valence-electron chi connectivity index (χ0n) is 14.2. The van der Waals surface area contributed by atoms with Crippen LogP contribution in [0.5, 0.6) is 11.6 Å². The topological polar surface area (TPSA) is 51.7 Å². The van der Waals surface area contributed by atoms with Crippen LogP contribution < -0.4 is 4.74 Å². The Morgan fingerprint density at radius 3 is 2.46 bits per heavy atom. The number of carbonyl (C=O) groups excluding carboxylic acids is 1. The molecular formula is C19H22N2O3. The minimum Gasteiger partial charge on any atom is -0.439 e. The first kappa shape index (κ1) is 16.5. The Hall–Kier alpha value is -2.40. The van der Waals surface area contributed by atoms with E-state index in [1.165, 1.54) is 0 Å². The molecule has 24 heavy (non-hydrogen) atoms. The number of aromatic nitrogens is 1. The lowest BCUT2D eigenvalue weighted by Gasteiger charge is -2.35. The first-order valence-corrected chi connectivity index (χ1v) is 8.17. The van der Waals surface area contributed by atoms with E-state index in [4.69, 9.17) is 9.47 Å². The van der Waals surface area contributed by atoms with Crippen molar-refractivity contribution in [2.75, 3.05) is 13.1 Å². The molecular weight excluding hydrogens is 304 g/mol. The molecule has 1 saturated heterocycles. The van der Waals surface area contributed by atoms with Crippen LogP contribution in [0.3, 0.4) is 0 Å². The number of nitrogens with zero attached hydrogens (tertiary/aromatic N) is 2. The second-order valence-electron chi connectivity index (χ2n) is 6.22. The molecule has 0 N–H and O–H groups in total. The quantitative estimate of drug-likeness (QED) is 0.867. The average molecular weight is 326 g/mol. The molecule has 0 aliphatic carbocycles. The van der Waals surface area contributed by atoms with Gasteiger partial charge < -0.3 is 14.4 Å². The Bertz CT molecular complexity index is 705. The van der Waals surface area contributed by atoms with Crippen LogP contribution in [0.25, 0.3) is 0 Å². The number of morpholine rings is 1. The van der Waals surface area contributed by atoms with Gasteiger partial charge in [0.05, 0.1) is 12.2 Å². The van der Waals surface area contributed by atoms with Crippen LogP contribution in [-0.2, 0) is 4.74 Å². The molecule has 2 atom stereocenters. The van der Waals surface area contributed by atoms with Crippen molar-refractivity contribution < 1.29 is 14.3 Å². The Kier molecular flexibility index (Phi) is 4.81. The van der Waals surface area contributed by atoms with Gasteiger partial charge >= 0.3 is 0 Å². The molecule has 1 amide bonds. The fourth-order valence-corrected chi connectivity index (χ4v) is 2.88. The van der Waals surface area contributed by atoms with Crippen molar-refractivity contribution in [1.29, 1.82) is 0 Å². The normalized spacial score (nSPS) is 20.7. The Morgan fingerprint density at radius 1 is 1.17 bits per heavy atom. The van der Waals surface area contributed by atoms with Crippen LogP contribution in [0.2, 0.25) is 0 Å². The van der Waals surface area contributed by atoms with Gasteiger partial charge in [-0.1, -0.05) is 6.07 Å². The van der Waals surface area contributed by atoms with Crippen LogP contribution in [0.15, 0.2) is 42.6 Å². The number of benzene rings is 1. The molecule has 5 heteroatoms. The highest BCUT2D eigenvalue weighted by molar-refractivity contribution is 5.94. The van der Waals surface area contributed by atoms with Crippen molar-refractivity contribution >= 4 is 5.91 Å². The number of aryl methyl sites for hydroxylation is 1. The third kappa shape index (κ3) is 3.74. The summed E-state index contributed by atoms with van der Waals surface area (Å²) in [5, 5.41) is 0. The number of hydrogen-bond acceptors (Lipinski definition) is 4. The summed E-state index contributed by atoms with van der Waals surface area (Å²) in [5.41, 5.74) is 1.62. The van der Waals surface area contributed by atoms with Gasteiger partial charge in [-0.3, -0.25) is 4.79 Å². The number of amides is 1. The lowest BCUT2D eigenvalue weighted by atomic mass is 10.1. The molecule has 1 aromatic carbocycles. The first-order chi connectivity index (χ1) is 11.5. The summed E-state index contributed by atoms with van der Waals surface area (Å²) < 4.78 is 11.4. The van der Waals surface area contributed by atoms with Crippen LogP contribution in [0.4, 0.5) is 0 Å². The highest BCUT2D eigenvalue weighted by Gasteiger charge is 2.26. The maximum absolute atomic E-state index is 12.6. The monoisotopic (exact) mass is 326 g/mol. The molecule has 1 aliphatic heterocycles. The molecule has 2 unspecified atom stereocenters. The van der Waals surface area contributed by atoms with Gasteiger partial charge in [0.2, 0.25) is 5.88 Å². The molecule has 5 nitrogen and oxygen atoms in total. The van der Waals surface area contributed by atoms with Crippen LogP contribution >= 0.6 is 0 Å². The lowest BCUT2D eigenvalue weighted by molar-refractivity contribution is -0.0586. The van der Waals surface area contributed by atoms with Gasteiger partial charge in [0.15, 0.2) is 0 Å². The minimum atomic E-state index is 0.0255. The number of hydrogen-bond donors (Lipinski definition) is 0. The number of carbonyl (C=O) groups is 1. The smallest absolute Gasteiger partial charge is 0.254 e. The second kappa shape index (κ2) is 7.01. The zero-order valence-corrected chi connectivity index (χ0v) is 14.2. The fraction of sp³-hybridized carbons (Fsp3) is 0.368. The van der Waals surface area contributed by atoms with Crippen molar-refractivity contribution in [3.8, 4) is 11.6 Å². The Morgan fingerprint density at radius 2 is 1.83 bits per heavy atom. The molecule has 3 rings (SSSR count). The molecule has 0 saturated carbocycles. The molecule has 0 spiro atoms. The summed E-state index contributed by atoms with van der Waals surface area (Å²) in [7, 11) is 0. The van der Waals surface area contributed by atoms with E-state index >= 15 is 0 Å². The lowest BCUT2D eigenvalue weighted by Crippen LogP contribution is -2.48. The van der Waals surface area contributed by atoms with E-state index in [2.05, 4.69) is 4.98 Å². The summed E-state index contributed by atoms with van der Waals surface area (Å²) >= 11 is 0. The predicted molar refractivity (Wildman–Crippen MR) is 91.4 cm³/mol. The van der Waals surface area contributed by atoms with E-state index in [1.807, 2.05) is 37.8 Å². The number of rotatable bonds is 3. The third-order valence-electron chi connectivity index (χ3n) is 3.98. The molecule has 126 valence electrons. The van der Waals surface area contributed by atoms with E-state index < -0.39 is 0 Å². The predicted octanol–water partition coefficient (Wildman–Crippen LogP) is 3.43. The van der Waals surface area contributed by atoms with Gasteiger partial charge in [-0.2, -0.15) is 0 Å². The molecule has 1 aliphatic rings. The van der Waals surface area contributed by atoms with Crippen LogP contribution in [-0.4, -0.2) is 41.1 Å². The average Bonchev–Trinajstić information content (AvgIpc) is 2.56. The number of ether oxygens (including phenoxy) is 2. The summed E-state index contributed by atoms with van der Waals surface area (Å²) in [6.45, 7) is 7.16. The van der Waals surface area contributed by atoms with Crippen molar-refractivity contribution in [1.82, 2.24) is 9.88 Å². The van der Waals surface area contributed by atoms with Gasteiger partial charge in [-0.05, 0) is 51.1 Å². The summed E-state index contributed by atoms with van der Waals surface area (Å²) in [4.78, 5) is 18.7. The summed E-state index contributed by atoms with van der Waals surface area (Å²) in [6.07, 6.45) is 1.82. The molecule has 1 aromatic heterocycles. The van der Waals surface area contributed by atoms with Crippen molar-refractivity contribution in [3.63, 3.8) is 0 Å². The van der Waals surface area contributed by atoms with Gasteiger partial charge in [-0.15, -0.1) is 0 Å². The zero-order chi connectivity index (χ0) is 17.1. The van der Waals surface area contributed by atoms with Crippen LogP contribution in [0.1, 0.15) is 29.8 Å². The molecule has 2 heterocycles. The maximum atomic E-state index is 12.6. The van der Waals surface area contributed by atoms with Crippen molar-refractivity contribution in [2.24, 2.45) is 0 Å². The SMILES string of the molecule is Cc1cccnc1Oc1ccc(C(=O)N2CC(C)OC(C)C2)cc1. The molecule has 1 fully saturated rings. The van der Waals surface area contributed by atoms with Gasteiger partial charge in [-0.25, -0.2) is 4.98 Å². The van der Waals surface area contributed by atoms with E-state index in [9.17, 15) is 4.79 Å². The summed E-state index contributed by atoms with van der Waals surface area (Å²) in [5.74, 6) is 1.27. The first-order valence-electron chi connectivity index (χ1n) is 8.17. The molecule has 2 aromatic rings. The number of pyridine rings is 1. The maximum Gasteiger partial charge on any atom is 0.254 e. The second-order valence-corrected chi connectivity index (χ2v) is 6.22. The standard InChI is InChI=1S/C19H22N2O3/c1-13-5-4-10-20-18(13)24-17-8-6-16(7-9-17)19(22)21-11-14(2)23-15(3)12-21/h4-10,14-15H,11-12H2,1-3H3. The van der Waals surface area contributed by atoms with E-state index in [0.717, 1.165) is 5.56 Å². The van der Waals surface area contributed by atoms with Crippen LogP contribution in [0, 0.1) is 6.92 Å². The van der Waals surface area contributed by atoms with E-state index in [0.29, 0.717) is 30.3 Å². The van der Waals surface area contributed by atoms with Gasteiger partial charge in [0.25, 0.3) is 5.91 Å². The van der Waals surface area contributed by atoms with E-state index in [-0.39, 0.29) is 18.1 Å². The summed E-state index contributed by atoms with van der Waals surface area (Å²) in [6, 6.07) is 11.0.